The lowest BCUT2D eigenvalue weighted by Gasteiger charge is -2.02. The quantitative estimate of drug-likeness (QED) is 0.672. The highest BCUT2D eigenvalue weighted by Crippen LogP contribution is 2.07. The van der Waals surface area contributed by atoms with Crippen molar-refractivity contribution in [1.82, 2.24) is 15.3 Å². The van der Waals surface area contributed by atoms with E-state index in [0.717, 1.165) is 6.42 Å². The van der Waals surface area contributed by atoms with Gasteiger partial charge in [0.1, 0.15) is 0 Å². The zero-order chi connectivity index (χ0) is 8.97. The van der Waals surface area contributed by atoms with Gasteiger partial charge in [-0.05, 0) is 6.42 Å². The maximum absolute atomic E-state index is 4.77. The summed E-state index contributed by atoms with van der Waals surface area (Å²) in [6.45, 7) is 2.83. The van der Waals surface area contributed by atoms with E-state index in [4.69, 9.17) is 4.84 Å². The summed E-state index contributed by atoms with van der Waals surface area (Å²) in [5.41, 5.74) is 5.25. The van der Waals surface area contributed by atoms with Crippen molar-refractivity contribution in [1.29, 1.82) is 0 Å². The average Bonchev–Trinajstić information content (AvgIpc) is 2.43. The summed E-state index contributed by atoms with van der Waals surface area (Å²) in [5, 5.41) is 4.16. The third kappa shape index (κ3) is 1.84. The molecule has 0 amide bonds. The van der Waals surface area contributed by atoms with Crippen molar-refractivity contribution in [3.05, 3.63) is 17.5 Å². The van der Waals surface area contributed by atoms with Crippen molar-refractivity contribution >= 4 is 0 Å². The zero-order valence-corrected chi connectivity index (χ0v) is 7.79. The molecule has 1 aromatic heterocycles. The Labute approximate surface area is 72.5 Å². The van der Waals surface area contributed by atoms with Crippen molar-refractivity contribution < 1.29 is 4.84 Å². The van der Waals surface area contributed by atoms with E-state index in [1.807, 2.05) is 17.9 Å². The fraction of sp³-hybridized carbons (Fsp3) is 0.625. The number of aryl methyl sites for hydroxylation is 1. The van der Waals surface area contributed by atoms with Crippen LogP contribution in [0.15, 0.2) is 6.20 Å². The van der Waals surface area contributed by atoms with Crippen LogP contribution in [0, 0.1) is 0 Å². The second-order valence-corrected chi connectivity index (χ2v) is 2.62. The molecular formula is C8H15N3O. The second-order valence-electron chi connectivity index (χ2n) is 2.62. The summed E-state index contributed by atoms with van der Waals surface area (Å²) >= 11 is 0. The minimum absolute atomic E-state index is 0.716. The van der Waals surface area contributed by atoms with Crippen molar-refractivity contribution in [2.24, 2.45) is 7.05 Å². The number of hydrogen-bond acceptors (Lipinski definition) is 3. The number of nitrogens with one attached hydrogen (secondary N) is 1. The minimum atomic E-state index is 0.716. The summed E-state index contributed by atoms with van der Waals surface area (Å²) < 4.78 is 1.90. The van der Waals surface area contributed by atoms with Gasteiger partial charge in [0.2, 0.25) is 0 Å². The predicted molar refractivity (Wildman–Crippen MR) is 46.4 cm³/mol. The third-order valence-electron chi connectivity index (χ3n) is 1.89. The summed E-state index contributed by atoms with van der Waals surface area (Å²) in [6.07, 6.45) is 2.86. The normalized spacial score (nSPS) is 10.6. The van der Waals surface area contributed by atoms with Gasteiger partial charge >= 0.3 is 0 Å². The molecule has 0 bridgehead atoms. The molecule has 1 rings (SSSR count). The van der Waals surface area contributed by atoms with Gasteiger partial charge in [-0.25, -0.2) is 0 Å². The fourth-order valence-corrected chi connectivity index (χ4v) is 1.26. The SMILES string of the molecule is CCc1c(CNOC)cnn1C. The topological polar surface area (TPSA) is 39.1 Å². The van der Waals surface area contributed by atoms with Gasteiger partial charge in [0.15, 0.2) is 0 Å². The molecule has 1 aromatic rings. The Bertz CT molecular complexity index is 244. The lowest BCUT2D eigenvalue weighted by molar-refractivity contribution is 0.0865. The summed E-state index contributed by atoms with van der Waals surface area (Å²) in [5.74, 6) is 0. The lowest BCUT2D eigenvalue weighted by Crippen LogP contribution is -2.12. The van der Waals surface area contributed by atoms with Crippen LogP contribution < -0.4 is 5.48 Å². The minimum Gasteiger partial charge on any atom is -0.305 e. The summed E-state index contributed by atoms with van der Waals surface area (Å²) in [4.78, 5) is 4.77. The second kappa shape index (κ2) is 4.23. The molecule has 68 valence electrons. The van der Waals surface area contributed by atoms with E-state index >= 15 is 0 Å². The van der Waals surface area contributed by atoms with Crippen LogP contribution in [0.3, 0.4) is 0 Å². The first-order valence-corrected chi connectivity index (χ1v) is 4.05. The number of hydrogen-bond donors (Lipinski definition) is 1. The van der Waals surface area contributed by atoms with Gasteiger partial charge < -0.3 is 4.84 Å². The van der Waals surface area contributed by atoms with Crippen LogP contribution in [0.1, 0.15) is 18.2 Å². The molecule has 1 N–H and O–H groups in total. The molecule has 0 atom stereocenters. The molecule has 0 fully saturated rings. The van der Waals surface area contributed by atoms with E-state index < -0.39 is 0 Å². The van der Waals surface area contributed by atoms with Crippen molar-refractivity contribution in [3.63, 3.8) is 0 Å². The van der Waals surface area contributed by atoms with E-state index in [1.54, 1.807) is 7.11 Å². The Morgan fingerprint density at radius 3 is 3.00 bits per heavy atom. The lowest BCUT2D eigenvalue weighted by atomic mass is 10.2. The van der Waals surface area contributed by atoms with E-state index in [0.29, 0.717) is 6.54 Å². The first-order valence-electron chi connectivity index (χ1n) is 4.05. The Morgan fingerprint density at radius 2 is 2.42 bits per heavy atom. The van der Waals surface area contributed by atoms with Crippen molar-refractivity contribution in [2.45, 2.75) is 19.9 Å². The van der Waals surface area contributed by atoms with E-state index in [2.05, 4.69) is 17.5 Å². The molecule has 0 unspecified atom stereocenters. The maximum Gasteiger partial charge on any atom is 0.0572 e. The highest BCUT2D eigenvalue weighted by atomic mass is 16.6. The van der Waals surface area contributed by atoms with Crippen LogP contribution in [0.5, 0.6) is 0 Å². The monoisotopic (exact) mass is 169 g/mol. The Balaban J connectivity index is 2.70. The Hall–Kier alpha value is -0.870. The van der Waals surface area contributed by atoms with E-state index in [-0.39, 0.29) is 0 Å². The van der Waals surface area contributed by atoms with Gasteiger partial charge in [-0.1, -0.05) is 6.92 Å². The number of nitrogens with zero attached hydrogens (tertiary/aromatic N) is 2. The molecule has 0 spiro atoms. The summed E-state index contributed by atoms with van der Waals surface area (Å²) in [6, 6.07) is 0. The van der Waals surface area contributed by atoms with Crippen LogP contribution in [0.4, 0.5) is 0 Å². The van der Waals surface area contributed by atoms with Gasteiger partial charge in [0, 0.05) is 24.8 Å². The molecular weight excluding hydrogens is 154 g/mol. The molecule has 0 radical (unpaired) electrons. The van der Waals surface area contributed by atoms with E-state index in [9.17, 15) is 0 Å². The molecule has 4 heteroatoms. The van der Waals surface area contributed by atoms with Gasteiger partial charge in [0.25, 0.3) is 0 Å². The third-order valence-corrected chi connectivity index (χ3v) is 1.89. The van der Waals surface area contributed by atoms with Gasteiger partial charge in [-0.3, -0.25) is 4.68 Å². The van der Waals surface area contributed by atoms with Crippen LogP contribution in [-0.2, 0) is 24.9 Å². The van der Waals surface area contributed by atoms with Crippen LogP contribution in [0.25, 0.3) is 0 Å². The molecule has 0 aliphatic carbocycles. The smallest absolute Gasteiger partial charge is 0.0572 e. The molecule has 0 aliphatic rings. The van der Waals surface area contributed by atoms with Crippen LogP contribution >= 0.6 is 0 Å². The zero-order valence-electron chi connectivity index (χ0n) is 7.79. The highest BCUT2D eigenvalue weighted by Gasteiger charge is 2.04. The molecule has 0 aliphatic heterocycles. The van der Waals surface area contributed by atoms with Gasteiger partial charge in [0.05, 0.1) is 13.3 Å². The predicted octanol–water partition coefficient (Wildman–Crippen LogP) is 0.633. The molecule has 1 heterocycles. The Kier molecular flexibility index (Phi) is 3.25. The molecule has 0 saturated heterocycles. The van der Waals surface area contributed by atoms with Crippen LogP contribution in [0.2, 0.25) is 0 Å². The largest absolute Gasteiger partial charge is 0.305 e. The number of aromatic nitrogens is 2. The number of rotatable bonds is 4. The maximum atomic E-state index is 4.77. The van der Waals surface area contributed by atoms with Gasteiger partial charge in [-0.15, -0.1) is 0 Å². The summed E-state index contributed by atoms with van der Waals surface area (Å²) in [7, 11) is 3.57. The molecule has 4 nitrogen and oxygen atoms in total. The van der Waals surface area contributed by atoms with Crippen LogP contribution in [-0.4, -0.2) is 16.9 Å². The van der Waals surface area contributed by atoms with Gasteiger partial charge in [-0.2, -0.15) is 10.6 Å². The average molecular weight is 169 g/mol. The molecule has 0 aromatic carbocycles. The highest BCUT2D eigenvalue weighted by molar-refractivity contribution is 5.16. The van der Waals surface area contributed by atoms with Crippen molar-refractivity contribution in [2.75, 3.05) is 7.11 Å². The first kappa shape index (κ1) is 9.22. The number of hydroxylamine groups is 1. The fourth-order valence-electron chi connectivity index (χ4n) is 1.26. The first-order chi connectivity index (χ1) is 5.79. The molecule has 12 heavy (non-hydrogen) atoms. The Morgan fingerprint density at radius 1 is 1.67 bits per heavy atom. The van der Waals surface area contributed by atoms with E-state index in [1.165, 1.54) is 11.3 Å². The van der Waals surface area contributed by atoms with Crippen molar-refractivity contribution in [3.8, 4) is 0 Å². The standard InChI is InChI=1S/C8H15N3O/c1-4-8-7(6-10-12-3)5-9-11(8)2/h5,10H,4,6H2,1-3H3. The molecule has 0 saturated carbocycles.